The van der Waals surface area contributed by atoms with Crippen LogP contribution in [0, 0.1) is 0 Å². The Balaban J connectivity index is 1.70. The van der Waals surface area contributed by atoms with Gasteiger partial charge in [-0.1, -0.05) is 23.7 Å². The van der Waals surface area contributed by atoms with E-state index in [4.69, 9.17) is 16.3 Å². The van der Waals surface area contributed by atoms with Gasteiger partial charge in [-0.3, -0.25) is 4.98 Å². The third-order valence-electron chi connectivity index (χ3n) is 4.45. The van der Waals surface area contributed by atoms with Crippen LogP contribution in [0.3, 0.4) is 0 Å². The Kier molecular flexibility index (Phi) is 5.08. The maximum atomic E-state index is 6.03. The van der Waals surface area contributed by atoms with Crippen molar-refractivity contribution in [3.8, 4) is 0 Å². The Morgan fingerprint density at radius 1 is 1.05 bits per heavy atom. The lowest BCUT2D eigenvalue weighted by Crippen LogP contribution is -2.42. The molecule has 1 aliphatic rings. The van der Waals surface area contributed by atoms with Crippen molar-refractivity contribution in [2.75, 3.05) is 19.8 Å². The van der Waals surface area contributed by atoms with E-state index in [1.807, 2.05) is 36.7 Å². The maximum absolute atomic E-state index is 6.03. The molecule has 0 bridgehead atoms. The summed E-state index contributed by atoms with van der Waals surface area (Å²) in [7, 11) is 0. The molecule has 3 nitrogen and oxygen atoms in total. The highest BCUT2D eigenvalue weighted by Crippen LogP contribution is 2.34. The summed E-state index contributed by atoms with van der Waals surface area (Å²) in [6, 6.07) is 12.4. The van der Waals surface area contributed by atoms with E-state index in [9.17, 15) is 0 Å². The summed E-state index contributed by atoms with van der Waals surface area (Å²) in [6.45, 7) is 3.44. The molecule has 0 unspecified atom stereocenters. The molecule has 3 rings (SSSR count). The number of benzene rings is 1. The van der Waals surface area contributed by atoms with Crippen molar-refractivity contribution < 1.29 is 4.74 Å². The summed E-state index contributed by atoms with van der Waals surface area (Å²) in [6.07, 6.45) is 5.75. The van der Waals surface area contributed by atoms with Crippen LogP contribution >= 0.6 is 11.6 Å². The highest BCUT2D eigenvalue weighted by atomic mass is 35.5. The smallest absolute Gasteiger partial charge is 0.0475 e. The van der Waals surface area contributed by atoms with Crippen LogP contribution in [0.15, 0.2) is 48.8 Å². The molecule has 1 saturated heterocycles. The van der Waals surface area contributed by atoms with E-state index in [0.29, 0.717) is 0 Å². The first-order valence-corrected chi connectivity index (χ1v) is 8.10. The number of hydrogen-bond acceptors (Lipinski definition) is 3. The summed E-state index contributed by atoms with van der Waals surface area (Å²) < 4.78 is 5.57. The molecule has 0 radical (unpaired) electrons. The predicted octanol–water partition coefficient (Wildman–Crippen LogP) is 3.57. The maximum Gasteiger partial charge on any atom is 0.0475 e. The van der Waals surface area contributed by atoms with E-state index < -0.39 is 0 Å². The quantitative estimate of drug-likeness (QED) is 0.915. The molecule has 1 aromatic carbocycles. The molecule has 2 heterocycles. The highest BCUT2D eigenvalue weighted by molar-refractivity contribution is 6.30. The van der Waals surface area contributed by atoms with Crippen LogP contribution in [-0.2, 0) is 16.7 Å². The van der Waals surface area contributed by atoms with E-state index in [-0.39, 0.29) is 5.41 Å². The zero-order chi connectivity index (χ0) is 15.3. The molecule has 1 aliphatic heterocycles. The molecule has 4 heteroatoms. The Hall–Kier alpha value is -1.42. The van der Waals surface area contributed by atoms with Gasteiger partial charge < -0.3 is 10.1 Å². The van der Waals surface area contributed by atoms with Gasteiger partial charge >= 0.3 is 0 Å². The van der Waals surface area contributed by atoms with Gasteiger partial charge in [-0.2, -0.15) is 0 Å². The molecule has 0 amide bonds. The molecule has 0 aliphatic carbocycles. The SMILES string of the molecule is Clc1ccc(C2(CNCc3ccncc3)CCOCC2)cc1. The van der Waals surface area contributed by atoms with Crippen LogP contribution in [0.4, 0.5) is 0 Å². The molecule has 2 aromatic rings. The van der Waals surface area contributed by atoms with Crippen LogP contribution in [0.5, 0.6) is 0 Å². The van der Waals surface area contributed by atoms with Gasteiger partial charge in [0.25, 0.3) is 0 Å². The Bertz CT molecular complexity index is 580. The van der Waals surface area contributed by atoms with Crippen molar-refractivity contribution in [2.24, 2.45) is 0 Å². The second kappa shape index (κ2) is 7.23. The normalized spacial score (nSPS) is 17.3. The number of pyridine rings is 1. The first-order chi connectivity index (χ1) is 10.8. The minimum atomic E-state index is 0.135. The molecule has 0 spiro atoms. The van der Waals surface area contributed by atoms with Crippen LogP contribution in [-0.4, -0.2) is 24.7 Å². The van der Waals surface area contributed by atoms with Gasteiger partial charge in [0, 0.05) is 49.1 Å². The van der Waals surface area contributed by atoms with Gasteiger partial charge in [0.1, 0.15) is 0 Å². The van der Waals surface area contributed by atoms with Crippen molar-refractivity contribution in [3.63, 3.8) is 0 Å². The third-order valence-corrected chi connectivity index (χ3v) is 4.70. The Morgan fingerprint density at radius 2 is 1.73 bits per heavy atom. The van der Waals surface area contributed by atoms with E-state index in [1.165, 1.54) is 11.1 Å². The average molecular weight is 317 g/mol. The first kappa shape index (κ1) is 15.5. The second-order valence-electron chi connectivity index (χ2n) is 5.86. The van der Waals surface area contributed by atoms with Crippen molar-refractivity contribution in [3.05, 3.63) is 64.9 Å². The number of rotatable bonds is 5. The van der Waals surface area contributed by atoms with Gasteiger partial charge in [0.2, 0.25) is 0 Å². The molecule has 116 valence electrons. The lowest BCUT2D eigenvalue weighted by molar-refractivity contribution is 0.0498. The zero-order valence-corrected chi connectivity index (χ0v) is 13.4. The van der Waals surface area contributed by atoms with E-state index >= 15 is 0 Å². The fourth-order valence-corrected chi connectivity index (χ4v) is 3.21. The topological polar surface area (TPSA) is 34.2 Å². The predicted molar refractivity (Wildman–Crippen MR) is 89.1 cm³/mol. The molecule has 1 fully saturated rings. The fraction of sp³-hybridized carbons (Fsp3) is 0.389. The first-order valence-electron chi connectivity index (χ1n) is 7.72. The lowest BCUT2D eigenvalue weighted by Gasteiger charge is -2.38. The summed E-state index contributed by atoms with van der Waals surface area (Å²) >= 11 is 6.03. The number of nitrogens with one attached hydrogen (secondary N) is 1. The van der Waals surface area contributed by atoms with Crippen LogP contribution in [0.1, 0.15) is 24.0 Å². The molecule has 0 saturated carbocycles. The minimum Gasteiger partial charge on any atom is -0.381 e. The fourth-order valence-electron chi connectivity index (χ4n) is 3.08. The van der Waals surface area contributed by atoms with Crippen LogP contribution < -0.4 is 5.32 Å². The van der Waals surface area contributed by atoms with Gasteiger partial charge in [0.05, 0.1) is 0 Å². The molecule has 22 heavy (non-hydrogen) atoms. The molecule has 1 aromatic heterocycles. The van der Waals surface area contributed by atoms with Gasteiger partial charge in [-0.05, 0) is 48.2 Å². The van der Waals surface area contributed by atoms with Crippen LogP contribution in [0.2, 0.25) is 5.02 Å². The van der Waals surface area contributed by atoms with Gasteiger partial charge in [0.15, 0.2) is 0 Å². The average Bonchev–Trinajstić information content (AvgIpc) is 2.57. The Labute approximate surface area is 136 Å². The molecule has 1 N–H and O–H groups in total. The number of ether oxygens (including phenoxy) is 1. The summed E-state index contributed by atoms with van der Waals surface area (Å²) in [5.41, 5.74) is 2.74. The molecular weight excluding hydrogens is 296 g/mol. The van der Waals surface area contributed by atoms with Crippen molar-refractivity contribution in [2.45, 2.75) is 24.8 Å². The second-order valence-corrected chi connectivity index (χ2v) is 6.30. The monoisotopic (exact) mass is 316 g/mol. The van der Waals surface area contributed by atoms with E-state index in [0.717, 1.165) is 44.2 Å². The number of aromatic nitrogens is 1. The largest absolute Gasteiger partial charge is 0.381 e. The van der Waals surface area contributed by atoms with Gasteiger partial charge in [-0.25, -0.2) is 0 Å². The van der Waals surface area contributed by atoms with Crippen molar-refractivity contribution in [1.29, 1.82) is 0 Å². The van der Waals surface area contributed by atoms with E-state index in [2.05, 4.69) is 22.4 Å². The Morgan fingerprint density at radius 3 is 2.41 bits per heavy atom. The highest BCUT2D eigenvalue weighted by Gasteiger charge is 2.34. The van der Waals surface area contributed by atoms with E-state index in [1.54, 1.807) is 0 Å². The summed E-state index contributed by atoms with van der Waals surface area (Å²) in [5.74, 6) is 0. The summed E-state index contributed by atoms with van der Waals surface area (Å²) in [4.78, 5) is 4.06. The number of halogens is 1. The standard InChI is InChI=1S/C18H21ClN2O/c19-17-3-1-16(2-4-17)18(7-11-22-12-8-18)14-21-13-15-5-9-20-10-6-15/h1-6,9-10,21H,7-8,11-14H2. The van der Waals surface area contributed by atoms with Crippen molar-refractivity contribution >= 4 is 11.6 Å². The van der Waals surface area contributed by atoms with Crippen molar-refractivity contribution in [1.82, 2.24) is 10.3 Å². The third kappa shape index (κ3) is 3.67. The number of hydrogen-bond donors (Lipinski definition) is 1. The van der Waals surface area contributed by atoms with Crippen LogP contribution in [0.25, 0.3) is 0 Å². The van der Waals surface area contributed by atoms with Gasteiger partial charge in [-0.15, -0.1) is 0 Å². The number of nitrogens with zero attached hydrogens (tertiary/aromatic N) is 1. The summed E-state index contributed by atoms with van der Waals surface area (Å²) in [5, 5.41) is 4.40. The molecular formula is C18H21ClN2O. The minimum absolute atomic E-state index is 0.135. The zero-order valence-electron chi connectivity index (χ0n) is 12.6. The lowest BCUT2D eigenvalue weighted by atomic mass is 9.74. The molecule has 0 atom stereocenters.